The molecule has 21 heavy (non-hydrogen) atoms. The largest absolute Gasteiger partial charge is 0.468 e. The lowest BCUT2D eigenvalue weighted by molar-refractivity contribution is -0.148. The summed E-state index contributed by atoms with van der Waals surface area (Å²) in [5, 5.41) is 4.27. The molecular formula is C14H23N3O3S. The van der Waals surface area contributed by atoms with Gasteiger partial charge in [-0.15, -0.1) is 0 Å². The van der Waals surface area contributed by atoms with E-state index in [0.29, 0.717) is 12.4 Å². The predicted molar refractivity (Wildman–Crippen MR) is 80.9 cm³/mol. The summed E-state index contributed by atoms with van der Waals surface area (Å²) in [6, 6.07) is -0.193. The van der Waals surface area contributed by atoms with Crippen molar-refractivity contribution < 1.29 is 14.1 Å². The highest BCUT2D eigenvalue weighted by Crippen LogP contribution is 2.26. The van der Waals surface area contributed by atoms with Crippen LogP contribution in [0.25, 0.3) is 0 Å². The summed E-state index contributed by atoms with van der Waals surface area (Å²) in [5.41, 5.74) is 0. The first-order chi connectivity index (χ1) is 10.2. The van der Waals surface area contributed by atoms with Crippen LogP contribution in [0.4, 0.5) is 0 Å². The van der Waals surface area contributed by atoms with Gasteiger partial charge in [-0.05, 0) is 32.1 Å². The normalized spacial score (nSPS) is 21.2. The monoisotopic (exact) mass is 313 g/mol. The number of hydrogen-bond acceptors (Lipinski definition) is 7. The molecule has 1 saturated heterocycles. The molecule has 0 spiro atoms. The molecule has 2 heterocycles. The van der Waals surface area contributed by atoms with Crippen molar-refractivity contribution >= 4 is 17.7 Å². The highest BCUT2D eigenvalue weighted by Gasteiger charge is 2.30. The molecule has 0 unspecified atom stereocenters. The number of aromatic nitrogens is 2. The van der Waals surface area contributed by atoms with Crippen LogP contribution < -0.4 is 0 Å². The van der Waals surface area contributed by atoms with Gasteiger partial charge in [0.15, 0.2) is 5.82 Å². The lowest BCUT2D eigenvalue weighted by Crippen LogP contribution is -2.44. The van der Waals surface area contributed by atoms with Crippen LogP contribution in [-0.2, 0) is 16.1 Å². The number of thioether (sulfide) groups is 1. The smallest absolute Gasteiger partial charge is 0.323 e. The van der Waals surface area contributed by atoms with Crippen molar-refractivity contribution in [1.29, 1.82) is 0 Å². The van der Waals surface area contributed by atoms with E-state index in [2.05, 4.69) is 28.9 Å². The van der Waals surface area contributed by atoms with Gasteiger partial charge in [0.05, 0.1) is 18.9 Å². The third-order valence-electron chi connectivity index (χ3n) is 3.69. The highest BCUT2D eigenvalue weighted by molar-refractivity contribution is 7.99. The number of piperidine rings is 1. The first-order valence-corrected chi connectivity index (χ1v) is 8.46. The van der Waals surface area contributed by atoms with Crippen LogP contribution in [0.5, 0.6) is 0 Å². The standard InChI is InChI=1S/C14H23N3O3S/c1-4-21-10(2)13-15-12(20-16-13)9-17-8-6-5-7-11(17)14(18)19-3/h10-11H,4-9H2,1-3H3/t10-,11-/m0/s1. The van der Waals surface area contributed by atoms with Crippen LogP contribution in [0.15, 0.2) is 4.52 Å². The summed E-state index contributed by atoms with van der Waals surface area (Å²) in [4.78, 5) is 18.4. The van der Waals surface area contributed by atoms with Crippen molar-refractivity contribution in [3.63, 3.8) is 0 Å². The van der Waals surface area contributed by atoms with Gasteiger partial charge in [-0.3, -0.25) is 9.69 Å². The average Bonchev–Trinajstić information content (AvgIpc) is 2.96. The summed E-state index contributed by atoms with van der Waals surface area (Å²) >= 11 is 1.78. The number of likely N-dealkylation sites (tertiary alicyclic amines) is 1. The minimum absolute atomic E-state index is 0.177. The van der Waals surface area contributed by atoms with Crippen LogP contribution in [0.2, 0.25) is 0 Å². The van der Waals surface area contributed by atoms with E-state index in [1.54, 1.807) is 11.8 Å². The number of nitrogens with zero attached hydrogens (tertiary/aromatic N) is 3. The summed E-state index contributed by atoms with van der Waals surface area (Å²) < 4.78 is 10.2. The third-order valence-corrected chi connectivity index (χ3v) is 4.73. The fourth-order valence-electron chi connectivity index (χ4n) is 2.58. The molecule has 7 heteroatoms. The molecule has 2 atom stereocenters. The second-order valence-corrected chi connectivity index (χ2v) is 6.77. The van der Waals surface area contributed by atoms with E-state index in [1.165, 1.54) is 7.11 Å². The van der Waals surface area contributed by atoms with Crippen LogP contribution in [0, 0.1) is 0 Å². The van der Waals surface area contributed by atoms with E-state index in [-0.39, 0.29) is 17.3 Å². The topological polar surface area (TPSA) is 68.5 Å². The molecule has 0 aliphatic carbocycles. The van der Waals surface area contributed by atoms with Gasteiger partial charge in [-0.2, -0.15) is 16.7 Å². The van der Waals surface area contributed by atoms with Gasteiger partial charge in [0.1, 0.15) is 6.04 Å². The Morgan fingerprint density at radius 2 is 2.38 bits per heavy atom. The van der Waals surface area contributed by atoms with Gasteiger partial charge in [0.25, 0.3) is 0 Å². The Kier molecular flexibility index (Phi) is 6.05. The molecular weight excluding hydrogens is 290 g/mol. The number of rotatable bonds is 6. The fourth-order valence-corrected chi connectivity index (χ4v) is 3.32. The third kappa shape index (κ3) is 4.20. The number of ether oxygens (including phenoxy) is 1. The number of methoxy groups -OCH3 is 1. The van der Waals surface area contributed by atoms with E-state index >= 15 is 0 Å². The van der Waals surface area contributed by atoms with Crippen molar-refractivity contribution in [2.75, 3.05) is 19.4 Å². The molecule has 118 valence electrons. The molecule has 0 bridgehead atoms. The Morgan fingerprint density at radius 3 is 3.10 bits per heavy atom. The molecule has 0 radical (unpaired) electrons. The number of carbonyl (C=O) groups is 1. The zero-order chi connectivity index (χ0) is 15.2. The van der Waals surface area contributed by atoms with Gasteiger partial charge < -0.3 is 9.26 Å². The van der Waals surface area contributed by atoms with Crippen molar-refractivity contribution in [3.05, 3.63) is 11.7 Å². The second-order valence-electron chi connectivity index (χ2n) is 5.15. The lowest BCUT2D eigenvalue weighted by Gasteiger charge is -2.32. The summed E-state index contributed by atoms with van der Waals surface area (Å²) in [5.74, 6) is 2.14. The summed E-state index contributed by atoms with van der Waals surface area (Å²) in [6.45, 7) is 5.55. The summed E-state index contributed by atoms with van der Waals surface area (Å²) in [6.07, 6.45) is 2.96. The van der Waals surface area contributed by atoms with Gasteiger partial charge in [0, 0.05) is 0 Å². The Bertz CT molecular complexity index is 466. The first-order valence-electron chi connectivity index (χ1n) is 7.41. The molecule has 0 amide bonds. The Morgan fingerprint density at radius 1 is 1.57 bits per heavy atom. The van der Waals surface area contributed by atoms with Crippen LogP contribution in [0.3, 0.4) is 0 Å². The van der Waals surface area contributed by atoms with Gasteiger partial charge in [0.2, 0.25) is 5.89 Å². The second kappa shape index (κ2) is 7.79. The molecule has 2 rings (SSSR count). The lowest BCUT2D eigenvalue weighted by atomic mass is 10.0. The van der Waals surface area contributed by atoms with Crippen molar-refractivity contribution in [3.8, 4) is 0 Å². The van der Waals surface area contributed by atoms with Crippen LogP contribution >= 0.6 is 11.8 Å². The quantitative estimate of drug-likeness (QED) is 0.747. The molecule has 1 aliphatic heterocycles. The maximum Gasteiger partial charge on any atom is 0.323 e. The van der Waals surface area contributed by atoms with E-state index in [0.717, 1.165) is 37.4 Å². The van der Waals surface area contributed by atoms with E-state index in [1.807, 2.05) is 0 Å². The summed E-state index contributed by atoms with van der Waals surface area (Å²) in [7, 11) is 1.43. The first kappa shape index (κ1) is 16.3. The number of esters is 1. The Balaban J connectivity index is 2.00. The molecule has 1 aliphatic rings. The van der Waals surface area contributed by atoms with E-state index < -0.39 is 0 Å². The zero-order valence-electron chi connectivity index (χ0n) is 12.9. The Hall–Kier alpha value is -1.08. The fraction of sp³-hybridized carbons (Fsp3) is 0.786. The van der Waals surface area contributed by atoms with E-state index in [9.17, 15) is 4.79 Å². The van der Waals surface area contributed by atoms with Gasteiger partial charge >= 0.3 is 5.97 Å². The maximum atomic E-state index is 11.8. The number of hydrogen-bond donors (Lipinski definition) is 0. The molecule has 0 saturated carbocycles. The molecule has 0 aromatic carbocycles. The number of carbonyl (C=O) groups excluding carboxylic acids is 1. The van der Waals surface area contributed by atoms with E-state index in [4.69, 9.17) is 9.26 Å². The minimum Gasteiger partial charge on any atom is -0.468 e. The van der Waals surface area contributed by atoms with Crippen LogP contribution in [-0.4, -0.2) is 46.5 Å². The Labute approximate surface area is 129 Å². The SMILES string of the molecule is CCS[C@@H](C)c1noc(CN2CCCC[C@H]2C(=O)OC)n1. The highest BCUT2D eigenvalue weighted by atomic mass is 32.2. The van der Waals surface area contributed by atoms with Gasteiger partial charge in [-0.1, -0.05) is 18.5 Å². The van der Waals surface area contributed by atoms with Crippen molar-refractivity contribution in [2.45, 2.75) is 50.9 Å². The molecule has 1 fully saturated rings. The molecule has 1 aromatic heterocycles. The predicted octanol–water partition coefficient (Wildman–Crippen LogP) is 2.41. The molecule has 0 N–H and O–H groups in total. The average molecular weight is 313 g/mol. The zero-order valence-corrected chi connectivity index (χ0v) is 13.7. The maximum absolute atomic E-state index is 11.8. The minimum atomic E-state index is -0.193. The van der Waals surface area contributed by atoms with Crippen molar-refractivity contribution in [2.24, 2.45) is 0 Å². The molecule has 1 aromatic rings. The van der Waals surface area contributed by atoms with Crippen LogP contribution in [0.1, 0.15) is 50.1 Å². The van der Waals surface area contributed by atoms with Crippen molar-refractivity contribution in [1.82, 2.24) is 15.0 Å². The molecule has 6 nitrogen and oxygen atoms in total. The van der Waals surface area contributed by atoms with Gasteiger partial charge in [-0.25, -0.2) is 0 Å².